The van der Waals surface area contributed by atoms with E-state index in [1.165, 1.54) is 49.9 Å². The second-order valence-corrected chi connectivity index (χ2v) is 11.8. The van der Waals surface area contributed by atoms with Crippen molar-refractivity contribution in [3.8, 4) is 67.4 Å². The van der Waals surface area contributed by atoms with Crippen LogP contribution < -0.4 is 0 Å². The summed E-state index contributed by atoms with van der Waals surface area (Å²) >= 11 is 0. The van der Waals surface area contributed by atoms with Gasteiger partial charge in [-0.1, -0.05) is 140 Å². The Kier molecular flexibility index (Phi) is 7.26. The van der Waals surface area contributed by atoms with Gasteiger partial charge in [0.2, 0.25) is 0 Å². The Bertz CT molecular complexity index is 2340. The maximum absolute atomic E-state index is 9.18. The smallest absolute Gasteiger partial charge is 0.0991 e. The van der Waals surface area contributed by atoms with Crippen LogP contribution in [0.5, 0.6) is 0 Å². The number of fused-ring (bicyclic) bond motifs is 1. The molecule has 0 aliphatic heterocycles. The Balaban J connectivity index is 1.21. The number of hydrogen-bond acceptors (Lipinski definition) is 1. The summed E-state index contributed by atoms with van der Waals surface area (Å²) in [6, 6.07) is 64.2. The SMILES string of the molecule is N#Cc1ccc(-c2ccc(-n3cc(-c4ccc(-c5ccccc5)cc4)c4cc(-c5ccc(-c6ccccc6)cc5)ccc43)cc2)cc1. The zero-order chi connectivity index (χ0) is 31.6. The Hall–Kier alpha value is -6.43. The van der Waals surface area contributed by atoms with Crippen LogP contribution in [-0.2, 0) is 0 Å². The van der Waals surface area contributed by atoms with Crippen molar-refractivity contribution in [2.75, 3.05) is 0 Å². The van der Waals surface area contributed by atoms with Crippen molar-refractivity contribution in [2.24, 2.45) is 0 Å². The minimum atomic E-state index is 0.667. The molecule has 0 fully saturated rings. The van der Waals surface area contributed by atoms with E-state index in [4.69, 9.17) is 0 Å². The largest absolute Gasteiger partial charge is 0.316 e. The molecule has 0 radical (unpaired) electrons. The summed E-state index contributed by atoms with van der Waals surface area (Å²) in [7, 11) is 0. The second kappa shape index (κ2) is 12.2. The maximum atomic E-state index is 9.18. The molecule has 0 amide bonds. The average molecular weight is 599 g/mol. The molecule has 0 N–H and O–H groups in total. The number of benzene rings is 7. The minimum Gasteiger partial charge on any atom is -0.316 e. The fraction of sp³-hybridized carbons (Fsp3) is 0. The van der Waals surface area contributed by atoms with Crippen LogP contribution in [0.15, 0.2) is 182 Å². The molecule has 8 aromatic rings. The highest BCUT2D eigenvalue weighted by Gasteiger charge is 2.14. The first kappa shape index (κ1) is 28.1. The number of nitrogens with zero attached hydrogens (tertiary/aromatic N) is 2. The van der Waals surface area contributed by atoms with Gasteiger partial charge in [0, 0.05) is 22.8 Å². The molecule has 1 heterocycles. The third-order valence-electron chi connectivity index (χ3n) is 8.93. The fourth-order valence-corrected chi connectivity index (χ4v) is 6.36. The Morgan fingerprint density at radius 2 is 0.787 bits per heavy atom. The van der Waals surface area contributed by atoms with E-state index in [0.717, 1.165) is 22.3 Å². The first-order valence-electron chi connectivity index (χ1n) is 15.8. The summed E-state index contributed by atoms with van der Waals surface area (Å²) in [5, 5.41) is 10.4. The van der Waals surface area contributed by atoms with Gasteiger partial charge in [-0.15, -0.1) is 0 Å². The van der Waals surface area contributed by atoms with Crippen LogP contribution in [0.3, 0.4) is 0 Å². The van der Waals surface area contributed by atoms with E-state index in [0.29, 0.717) is 5.56 Å². The molecule has 220 valence electrons. The molecule has 0 saturated carbocycles. The summed E-state index contributed by atoms with van der Waals surface area (Å²) in [6.45, 7) is 0. The zero-order valence-electron chi connectivity index (χ0n) is 25.7. The van der Waals surface area contributed by atoms with E-state index in [2.05, 4.69) is 168 Å². The van der Waals surface area contributed by atoms with Gasteiger partial charge in [-0.3, -0.25) is 0 Å². The molecule has 0 atom stereocenters. The van der Waals surface area contributed by atoms with Crippen molar-refractivity contribution < 1.29 is 0 Å². The first-order chi connectivity index (χ1) is 23.2. The van der Waals surface area contributed by atoms with Gasteiger partial charge in [0.05, 0.1) is 17.1 Å². The Labute approximate surface area is 275 Å². The molecule has 8 rings (SSSR count). The summed E-state index contributed by atoms with van der Waals surface area (Å²) in [5.41, 5.74) is 14.7. The lowest BCUT2D eigenvalue weighted by Gasteiger charge is -2.09. The Morgan fingerprint density at radius 3 is 1.30 bits per heavy atom. The summed E-state index contributed by atoms with van der Waals surface area (Å²) in [4.78, 5) is 0. The topological polar surface area (TPSA) is 28.7 Å². The number of aromatic nitrogens is 1. The standard InChI is InChI=1S/C45H30N2/c46-30-32-11-13-35(14-12-32)38-23-26-42(27-24-38)47-31-44(40-21-19-37(20-22-40)34-9-5-2-6-10-34)43-29-41(25-28-45(43)47)39-17-15-36(16-18-39)33-7-3-1-4-8-33/h1-29,31H. The highest BCUT2D eigenvalue weighted by atomic mass is 15.0. The molecule has 47 heavy (non-hydrogen) atoms. The number of nitriles is 1. The van der Waals surface area contributed by atoms with Crippen molar-refractivity contribution in [3.05, 3.63) is 188 Å². The normalized spacial score (nSPS) is 11.0. The molecule has 1 aromatic heterocycles. The quantitative estimate of drug-likeness (QED) is 0.187. The summed E-state index contributed by atoms with van der Waals surface area (Å²) in [6.07, 6.45) is 2.27. The molecule has 0 spiro atoms. The van der Waals surface area contributed by atoms with Crippen molar-refractivity contribution in [1.29, 1.82) is 5.26 Å². The fourth-order valence-electron chi connectivity index (χ4n) is 6.36. The van der Waals surface area contributed by atoms with Crippen LogP contribution in [0.2, 0.25) is 0 Å². The van der Waals surface area contributed by atoms with E-state index in [9.17, 15) is 5.26 Å². The zero-order valence-corrected chi connectivity index (χ0v) is 25.7. The summed E-state index contributed by atoms with van der Waals surface area (Å²) < 4.78 is 2.29. The molecular weight excluding hydrogens is 569 g/mol. The maximum Gasteiger partial charge on any atom is 0.0991 e. The first-order valence-corrected chi connectivity index (χ1v) is 15.8. The highest BCUT2D eigenvalue weighted by molar-refractivity contribution is 6.00. The molecule has 7 aromatic carbocycles. The van der Waals surface area contributed by atoms with E-state index >= 15 is 0 Å². The second-order valence-electron chi connectivity index (χ2n) is 11.8. The molecule has 0 bridgehead atoms. The number of rotatable bonds is 6. The molecule has 0 aliphatic rings. The van der Waals surface area contributed by atoms with Crippen LogP contribution in [0.25, 0.3) is 72.2 Å². The van der Waals surface area contributed by atoms with Crippen LogP contribution in [0, 0.1) is 11.3 Å². The number of hydrogen-bond donors (Lipinski definition) is 0. The van der Waals surface area contributed by atoms with Crippen molar-refractivity contribution in [3.63, 3.8) is 0 Å². The Morgan fingerprint density at radius 1 is 0.383 bits per heavy atom. The third-order valence-corrected chi connectivity index (χ3v) is 8.93. The van der Waals surface area contributed by atoms with Gasteiger partial charge < -0.3 is 4.57 Å². The molecule has 0 unspecified atom stereocenters. The molecule has 2 nitrogen and oxygen atoms in total. The average Bonchev–Trinajstić information content (AvgIpc) is 3.55. The van der Waals surface area contributed by atoms with Gasteiger partial charge in [0.15, 0.2) is 0 Å². The van der Waals surface area contributed by atoms with Crippen molar-refractivity contribution >= 4 is 10.9 Å². The van der Waals surface area contributed by atoms with E-state index in [1.54, 1.807) is 0 Å². The lowest BCUT2D eigenvalue weighted by Crippen LogP contribution is -1.92. The van der Waals surface area contributed by atoms with Gasteiger partial charge in [-0.05, 0) is 86.5 Å². The van der Waals surface area contributed by atoms with Gasteiger partial charge in [0.25, 0.3) is 0 Å². The van der Waals surface area contributed by atoms with Gasteiger partial charge in [0.1, 0.15) is 0 Å². The van der Waals surface area contributed by atoms with Crippen LogP contribution >= 0.6 is 0 Å². The summed E-state index contributed by atoms with van der Waals surface area (Å²) in [5.74, 6) is 0. The molecule has 0 saturated heterocycles. The monoisotopic (exact) mass is 598 g/mol. The lowest BCUT2D eigenvalue weighted by molar-refractivity contribution is 1.13. The van der Waals surface area contributed by atoms with Gasteiger partial charge >= 0.3 is 0 Å². The van der Waals surface area contributed by atoms with Crippen molar-refractivity contribution in [1.82, 2.24) is 4.57 Å². The highest BCUT2D eigenvalue weighted by Crippen LogP contribution is 2.37. The van der Waals surface area contributed by atoms with Gasteiger partial charge in [-0.2, -0.15) is 5.26 Å². The van der Waals surface area contributed by atoms with E-state index < -0.39 is 0 Å². The van der Waals surface area contributed by atoms with E-state index in [-0.39, 0.29) is 0 Å². The van der Waals surface area contributed by atoms with Crippen molar-refractivity contribution in [2.45, 2.75) is 0 Å². The van der Waals surface area contributed by atoms with Crippen LogP contribution in [0.4, 0.5) is 0 Å². The van der Waals surface area contributed by atoms with Crippen LogP contribution in [0.1, 0.15) is 5.56 Å². The molecular formula is C45H30N2. The third kappa shape index (κ3) is 5.52. The lowest BCUT2D eigenvalue weighted by atomic mass is 9.97. The van der Waals surface area contributed by atoms with Gasteiger partial charge in [-0.25, -0.2) is 0 Å². The predicted molar refractivity (Wildman–Crippen MR) is 195 cm³/mol. The predicted octanol–water partition coefficient (Wildman–Crippen LogP) is 11.8. The molecule has 0 aliphatic carbocycles. The minimum absolute atomic E-state index is 0.667. The van der Waals surface area contributed by atoms with E-state index in [1.807, 2.05) is 24.3 Å². The van der Waals surface area contributed by atoms with Crippen LogP contribution in [-0.4, -0.2) is 4.57 Å². The molecule has 2 heteroatoms.